The van der Waals surface area contributed by atoms with Gasteiger partial charge in [0.25, 0.3) is 0 Å². The molecule has 0 aliphatic carbocycles. The first kappa shape index (κ1) is 23.5. The van der Waals surface area contributed by atoms with Crippen molar-refractivity contribution in [1.29, 1.82) is 0 Å². The lowest BCUT2D eigenvalue weighted by Crippen LogP contribution is -2.37. The van der Waals surface area contributed by atoms with Gasteiger partial charge in [-0.15, -0.1) is 0 Å². The van der Waals surface area contributed by atoms with Gasteiger partial charge >= 0.3 is 6.09 Å². The molecule has 6 nitrogen and oxygen atoms in total. The van der Waals surface area contributed by atoms with Gasteiger partial charge in [0, 0.05) is 24.0 Å². The fraction of sp³-hybridized carbons (Fsp3) is 0.583. The van der Waals surface area contributed by atoms with Crippen molar-refractivity contribution in [2.75, 3.05) is 13.1 Å². The summed E-state index contributed by atoms with van der Waals surface area (Å²) >= 11 is 0. The molecule has 169 valence electrons. The highest BCUT2D eigenvalue weighted by molar-refractivity contribution is 6.48. The Hall–Kier alpha value is -2.12. The molecule has 1 atom stereocenters. The minimum absolute atomic E-state index is 0.0982. The largest absolute Gasteiger partial charge is 0.465 e. The monoisotopic (exact) mass is 443 g/mol. The lowest BCUT2D eigenvalue weighted by atomic mass is 9.82. The average Bonchev–Trinajstić information content (AvgIpc) is 3.12. The minimum atomic E-state index is -0.925. The quantitative estimate of drug-likeness (QED) is 0.520. The summed E-state index contributed by atoms with van der Waals surface area (Å²) in [4.78, 5) is 12.6. The second-order valence-corrected chi connectivity index (χ2v) is 11.9. The van der Waals surface area contributed by atoms with E-state index in [-0.39, 0.29) is 11.5 Å². The maximum Gasteiger partial charge on any atom is 0.407 e. The van der Waals surface area contributed by atoms with Gasteiger partial charge in [-0.3, -0.25) is 0 Å². The van der Waals surface area contributed by atoms with Crippen LogP contribution in [0, 0.1) is 11.3 Å². The summed E-state index contributed by atoms with van der Waals surface area (Å²) in [5.74, 6) is 0.519. The number of rotatable bonds is 7. The molecule has 1 amide bonds. The summed E-state index contributed by atoms with van der Waals surface area (Å²) in [7, 11) is -0.925. The number of hydrogen-bond acceptors (Lipinski definition) is 4. The smallest absolute Gasteiger partial charge is 0.407 e. The van der Waals surface area contributed by atoms with Gasteiger partial charge in [0.1, 0.15) is 0 Å². The Labute approximate surface area is 187 Å². The molecule has 7 heteroatoms. The second kappa shape index (κ2) is 9.57. The summed E-state index contributed by atoms with van der Waals surface area (Å²) in [6.45, 7) is 16.1. The molecule has 1 N–H and O–H groups in total. The number of carboxylic acid groups (broad SMARTS) is 1. The van der Waals surface area contributed by atoms with Crippen LogP contribution in [0.3, 0.4) is 0 Å². The zero-order chi connectivity index (χ0) is 22.8. The molecule has 1 aromatic heterocycles. The van der Waals surface area contributed by atoms with Gasteiger partial charge in [0.15, 0.2) is 5.58 Å². The van der Waals surface area contributed by atoms with E-state index in [1.807, 2.05) is 6.08 Å². The van der Waals surface area contributed by atoms with Crippen molar-refractivity contribution in [2.24, 2.45) is 11.3 Å². The molecule has 1 unspecified atom stereocenters. The predicted octanol–water partition coefficient (Wildman–Crippen LogP) is 6.15. The maximum absolute atomic E-state index is 11.1. The number of nitrogens with zero attached hydrogens (tertiary/aromatic N) is 2. The van der Waals surface area contributed by atoms with Crippen molar-refractivity contribution in [3.8, 4) is 0 Å². The van der Waals surface area contributed by atoms with E-state index in [1.54, 1.807) is 0 Å². The van der Waals surface area contributed by atoms with Crippen molar-refractivity contribution in [1.82, 2.24) is 10.1 Å². The molecule has 2 aromatic rings. The Kier molecular flexibility index (Phi) is 7.26. The van der Waals surface area contributed by atoms with Crippen molar-refractivity contribution in [2.45, 2.75) is 65.7 Å². The Morgan fingerprint density at radius 2 is 2.06 bits per heavy atom. The normalized spacial score (nSPS) is 16.8. The number of hydrogen-bond donors (Lipinski definition) is 1. The molecular weight excluding hydrogens is 408 g/mol. The van der Waals surface area contributed by atoms with E-state index < -0.39 is 15.1 Å². The molecule has 31 heavy (non-hydrogen) atoms. The number of fused-ring (bicyclic) bond motifs is 1. The predicted molar refractivity (Wildman–Crippen MR) is 126 cm³/mol. The number of benzene rings is 1. The van der Waals surface area contributed by atoms with Gasteiger partial charge in [-0.1, -0.05) is 44.6 Å². The molecule has 0 saturated carbocycles. The molecule has 2 heterocycles. The van der Waals surface area contributed by atoms with Crippen molar-refractivity contribution in [3.63, 3.8) is 0 Å². The highest BCUT2D eigenvalue weighted by Gasteiger charge is 2.33. The number of likely N-dealkylation sites (tertiary alicyclic amines) is 1. The summed E-state index contributed by atoms with van der Waals surface area (Å²) in [5, 5.41) is 14.6. The number of aromatic nitrogens is 1. The summed E-state index contributed by atoms with van der Waals surface area (Å²) in [6.07, 6.45) is 4.59. The van der Waals surface area contributed by atoms with E-state index in [1.165, 1.54) is 4.90 Å². The van der Waals surface area contributed by atoms with Gasteiger partial charge in [0.05, 0.1) is 11.8 Å². The van der Waals surface area contributed by atoms with E-state index in [0.29, 0.717) is 19.0 Å². The maximum atomic E-state index is 11.1. The molecule has 1 aromatic carbocycles. The van der Waals surface area contributed by atoms with E-state index >= 15 is 0 Å². The van der Waals surface area contributed by atoms with Gasteiger partial charge in [0.2, 0.25) is 9.04 Å². The first-order valence-electron chi connectivity index (χ1n) is 11.1. The minimum Gasteiger partial charge on any atom is -0.465 e. The van der Waals surface area contributed by atoms with Gasteiger partial charge in [-0.25, -0.2) is 4.79 Å². The van der Waals surface area contributed by atoms with E-state index in [4.69, 9.17) is 14.1 Å². The molecular formula is C24H35N2O4Si. The Morgan fingerprint density at radius 3 is 2.61 bits per heavy atom. The first-order valence-corrected chi connectivity index (χ1v) is 13.5. The third-order valence-corrected chi connectivity index (χ3v) is 6.79. The molecule has 3 rings (SSSR count). The van der Waals surface area contributed by atoms with E-state index in [0.717, 1.165) is 53.5 Å². The summed E-state index contributed by atoms with van der Waals surface area (Å²) in [6, 6.07) is 4.18. The second-order valence-electron chi connectivity index (χ2n) is 9.80. The highest BCUT2D eigenvalue weighted by Crippen LogP contribution is 2.42. The van der Waals surface area contributed by atoms with Crippen LogP contribution in [0.4, 0.5) is 4.79 Å². The van der Waals surface area contributed by atoms with Crippen LogP contribution < -0.4 is 0 Å². The molecule has 1 aliphatic heterocycles. The molecule has 1 radical (unpaired) electrons. The number of amides is 1. The molecule has 1 aliphatic rings. The SMILES string of the molecule is C=Cc1ccc2c(CCC3CCN(C(=O)O)CC3)noc2c1C(O[Si](C)C)C(C)(C)C. The fourth-order valence-electron chi connectivity index (χ4n) is 4.38. The van der Waals surface area contributed by atoms with Crippen LogP contribution in [0.1, 0.15) is 63.0 Å². The Bertz CT molecular complexity index is 924. The fourth-order valence-corrected chi connectivity index (χ4v) is 5.32. The van der Waals surface area contributed by atoms with Crippen LogP contribution in [0.5, 0.6) is 0 Å². The molecule has 0 bridgehead atoms. The van der Waals surface area contributed by atoms with Crippen LogP contribution in [-0.4, -0.2) is 43.4 Å². The average molecular weight is 444 g/mol. The van der Waals surface area contributed by atoms with Crippen LogP contribution >= 0.6 is 0 Å². The van der Waals surface area contributed by atoms with Gasteiger partial charge in [-0.2, -0.15) is 0 Å². The summed E-state index contributed by atoms with van der Waals surface area (Å²) in [5.41, 5.74) is 3.74. The number of piperidine rings is 1. The molecule has 0 spiro atoms. The van der Waals surface area contributed by atoms with Crippen LogP contribution in [0.15, 0.2) is 23.2 Å². The number of carbonyl (C=O) groups is 1. The van der Waals surface area contributed by atoms with E-state index in [2.05, 4.69) is 57.7 Å². The van der Waals surface area contributed by atoms with Crippen molar-refractivity contribution in [3.05, 3.63) is 35.5 Å². The van der Waals surface area contributed by atoms with Crippen LogP contribution in [-0.2, 0) is 10.8 Å². The molecule has 1 fully saturated rings. The lowest BCUT2D eigenvalue weighted by molar-refractivity contribution is 0.0865. The van der Waals surface area contributed by atoms with Gasteiger partial charge < -0.3 is 19.0 Å². The zero-order valence-electron chi connectivity index (χ0n) is 19.4. The highest BCUT2D eigenvalue weighted by atomic mass is 28.3. The Balaban J connectivity index is 1.85. The Morgan fingerprint density at radius 1 is 1.39 bits per heavy atom. The zero-order valence-corrected chi connectivity index (χ0v) is 20.4. The van der Waals surface area contributed by atoms with Crippen molar-refractivity contribution < 1.29 is 18.9 Å². The third kappa shape index (κ3) is 5.38. The van der Waals surface area contributed by atoms with E-state index in [9.17, 15) is 4.79 Å². The van der Waals surface area contributed by atoms with Crippen LogP contribution in [0.2, 0.25) is 13.1 Å². The third-order valence-electron chi connectivity index (χ3n) is 6.08. The first-order chi connectivity index (χ1) is 14.6. The summed E-state index contributed by atoms with van der Waals surface area (Å²) < 4.78 is 12.4. The standard InChI is InChI=1S/C24H35N2O4Si/c1-7-17-9-10-18-19(11-8-16-12-14-26(15-13-16)23(27)28)25-29-21(18)20(17)22(24(2,3)4)30-31(5)6/h7,9-10,16,22H,1,8,11-15H2,2-6H3,(H,27,28). The van der Waals surface area contributed by atoms with Crippen LogP contribution in [0.25, 0.3) is 17.0 Å². The number of aryl methyl sites for hydroxylation is 1. The van der Waals surface area contributed by atoms with Crippen molar-refractivity contribution >= 4 is 32.2 Å². The lowest BCUT2D eigenvalue weighted by Gasteiger charge is -2.33. The molecule has 1 saturated heterocycles. The topological polar surface area (TPSA) is 75.8 Å². The van der Waals surface area contributed by atoms with Gasteiger partial charge in [-0.05, 0) is 61.7 Å².